The summed E-state index contributed by atoms with van der Waals surface area (Å²) in [5, 5.41) is 7.28. The Labute approximate surface area is 60.0 Å². The quantitative estimate of drug-likeness (QED) is 0.472. The summed E-state index contributed by atoms with van der Waals surface area (Å²) >= 11 is 0. The second kappa shape index (κ2) is 4.49. The van der Waals surface area contributed by atoms with E-state index in [4.69, 9.17) is 22.6 Å². The molecule has 0 saturated heterocycles. The summed E-state index contributed by atoms with van der Waals surface area (Å²) in [5.74, 6) is 0. The van der Waals surface area contributed by atoms with E-state index in [-0.39, 0.29) is 0 Å². The van der Waals surface area contributed by atoms with Crippen LogP contribution in [0.25, 0.3) is 0 Å². The van der Waals surface area contributed by atoms with E-state index in [2.05, 4.69) is 0 Å². The van der Waals surface area contributed by atoms with Gasteiger partial charge in [-0.2, -0.15) is 21.6 Å². The lowest BCUT2D eigenvalue weighted by molar-refractivity contribution is -0.159. The number of hydrogen-bond acceptors (Lipinski definition) is 3. The van der Waals surface area contributed by atoms with Gasteiger partial charge in [0.2, 0.25) is 0 Å². The molecule has 0 fully saturated rings. The lowest BCUT2D eigenvalue weighted by Crippen LogP contribution is -2.12. The van der Waals surface area contributed by atoms with E-state index in [0.29, 0.717) is 0 Å². The zero-order valence-corrected chi connectivity index (χ0v) is 5.72. The minimum Gasteiger partial charge on any atom is -0.387 e. The summed E-state index contributed by atoms with van der Waals surface area (Å²) in [6.07, 6.45) is -4.40. The van der Waals surface area contributed by atoms with Crippen molar-refractivity contribution in [1.82, 2.24) is 0 Å². The monoisotopic (exact) mass is 198 g/mol. The summed E-state index contributed by atoms with van der Waals surface area (Å²) in [5.41, 5.74) is 0. The molecule has 70 valence electrons. The molecule has 0 aromatic carbocycles. The molecule has 0 amide bonds. The Morgan fingerprint density at radius 2 is 1.27 bits per heavy atom. The number of hydrogen-bond donors (Lipinski definition) is 3. The van der Waals surface area contributed by atoms with Crippen LogP contribution < -0.4 is 0 Å². The Morgan fingerprint density at radius 1 is 1.18 bits per heavy atom. The largest absolute Gasteiger partial charge is 0.411 e. The highest BCUT2D eigenvalue weighted by molar-refractivity contribution is 7.79. The summed E-state index contributed by atoms with van der Waals surface area (Å²) in [6, 6.07) is 0. The van der Waals surface area contributed by atoms with E-state index >= 15 is 0 Å². The molecule has 0 atom stereocenters. The molecule has 0 aliphatic carbocycles. The van der Waals surface area contributed by atoms with Crippen LogP contribution >= 0.6 is 0 Å². The highest BCUT2D eigenvalue weighted by Gasteiger charge is 2.24. The average Bonchev–Trinajstić information content (AvgIpc) is 1.59. The zero-order chi connectivity index (χ0) is 9.71. The molecular weight excluding hydrogens is 193 g/mol. The molecule has 9 heteroatoms. The number of aliphatic hydroxyl groups is 1. The van der Waals surface area contributed by atoms with Crippen molar-refractivity contribution in [2.24, 2.45) is 0 Å². The molecule has 0 saturated carbocycles. The van der Waals surface area contributed by atoms with Crippen molar-refractivity contribution in [2.45, 2.75) is 6.18 Å². The van der Waals surface area contributed by atoms with Gasteiger partial charge < -0.3 is 5.11 Å². The average molecular weight is 198 g/mol. The van der Waals surface area contributed by atoms with E-state index in [1.54, 1.807) is 0 Å². The van der Waals surface area contributed by atoms with Crippen molar-refractivity contribution < 1.29 is 35.8 Å². The summed E-state index contributed by atoms with van der Waals surface area (Å²) in [6.45, 7) is -1.73. The second-order valence-corrected chi connectivity index (χ2v) is 2.12. The topological polar surface area (TPSA) is 94.8 Å². The first-order valence-corrected chi connectivity index (χ1v) is 3.33. The van der Waals surface area contributed by atoms with E-state index in [1.165, 1.54) is 0 Å². The van der Waals surface area contributed by atoms with Gasteiger partial charge in [0.25, 0.3) is 0 Å². The molecule has 0 heterocycles. The van der Waals surface area contributed by atoms with Crippen molar-refractivity contribution in [3.8, 4) is 0 Å². The van der Waals surface area contributed by atoms with Crippen LogP contribution in [0, 0.1) is 0 Å². The van der Waals surface area contributed by atoms with Gasteiger partial charge in [0.05, 0.1) is 0 Å². The van der Waals surface area contributed by atoms with Gasteiger partial charge >= 0.3 is 16.6 Å². The fourth-order valence-corrected chi connectivity index (χ4v) is 0. The lowest BCUT2D eigenvalue weighted by Gasteiger charge is -1.95. The number of alkyl halides is 3. The fourth-order valence-electron chi connectivity index (χ4n) is 0. The third-order valence-electron chi connectivity index (χ3n) is 0.179. The van der Waals surface area contributed by atoms with Crippen molar-refractivity contribution >= 4 is 10.4 Å². The Morgan fingerprint density at radius 3 is 1.27 bits per heavy atom. The molecule has 0 aromatic rings. The Bertz CT molecular complexity index is 172. The smallest absolute Gasteiger partial charge is 0.387 e. The van der Waals surface area contributed by atoms with E-state index < -0.39 is 23.2 Å². The van der Waals surface area contributed by atoms with Crippen molar-refractivity contribution in [3.63, 3.8) is 0 Å². The van der Waals surface area contributed by atoms with Gasteiger partial charge in [-0.05, 0) is 0 Å². The molecule has 11 heavy (non-hydrogen) atoms. The van der Waals surface area contributed by atoms with Crippen LogP contribution in [0.15, 0.2) is 0 Å². The molecule has 0 radical (unpaired) electrons. The SMILES string of the molecule is O=S(=O)(O)O.OCC(F)(F)F. The first kappa shape index (κ1) is 13.2. The Kier molecular flexibility index (Phi) is 5.40. The van der Waals surface area contributed by atoms with Gasteiger partial charge in [0.15, 0.2) is 0 Å². The summed E-state index contributed by atoms with van der Waals surface area (Å²) in [4.78, 5) is 0. The number of aliphatic hydroxyl groups excluding tert-OH is 1. The molecule has 0 aliphatic rings. The van der Waals surface area contributed by atoms with Crippen LogP contribution in [-0.4, -0.2) is 35.4 Å². The van der Waals surface area contributed by atoms with E-state index in [0.717, 1.165) is 0 Å². The number of halogens is 3. The van der Waals surface area contributed by atoms with E-state index in [1.807, 2.05) is 0 Å². The first-order chi connectivity index (χ1) is 4.56. The summed E-state index contributed by atoms with van der Waals surface area (Å²) < 4.78 is 63.2. The molecule has 0 aromatic heterocycles. The minimum absolute atomic E-state index is 1.73. The highest BCUT2D eigenvalue weighted by Crippen LogP contribution is 2.11. The third kappa shape index (κ3) is 81.4. The summed E-state index contributed by atoms with van der Waals surface area (Å²) in [7, 11) is -4.67. The molecular formula is C2H5F3O5S. The number of rotatable bonds is 0. The van der Waals surface area contributed by atoms with Gasteiger partial charge in [0.1, 0.15) is 6.61 Å². The van der Waals surface area contributed by atoms with Gasteiger partial charge in [-0.15, -0.1) is 0 Å². The van der Waals surface area contributed by atoms with Crippen LogP contribution in [-0.2, 0) is 10.4 Å². The Hall–Kier alpha value is -0.380. The maximum atomic E-state index is 10.5. The maximum Gasteiger partial charge on any atom is 0.411 e. The highest BCUT2D eigenvalue weighted by atomic mass is 32.3. The van der Waals surface area contributed by atoms with Crippen molar-refractivity contribution in [2.75, 3.05) is 6.61 Å². The predicted molar refractivity (Wildman–Crippen MR) is 27.3 cm³/mol. The normalized spacial score (nSPS) is 11.8. The van der Waals surface area contributed by atoms with Crippen molar-refractivity contribution in [3.05, 3.63) is 0 Å². The predicted octanol–water partition coefficient (Wildman–Crippen LogP) is -0.112. The zero-order valence-electron chi connectivity index (χ0n) is 4.91. The molecule has 3 N–H and O–H groups in total. The van der Waals surface area contributed by atoms with Crippen molar-refractivity contribution in [1.29, 1.82) is 0 Å². The minimum atomic E-state index is -4.67. The molecule has 5 nitrogen and oxygen atoms in total. The maximum absolute atomic E-state index is 10.5. The van der Waals surface area contributed by atoms with Crippen LogP contribution in [0.5, 0.6) is 0 Å². The standard InChI is InChI=1S/C2H3F3O.H2O4S/c3-2(4,5)1-6;1-5(2,3)4/h6H,1H2;(H2,1,2,3,4). The van der Waals surface area contributed by atoms with Gasteiger partial charge in [-0.3, -0.25) is 9.11 Å². The van der Waals surface area contributed by atoms with Crippen LogP contribution in [0.2, 0.25) is 0 Å². The van der Waals surface area contributed by atoms with Crippen LogP contribution in [0.4, 0.5) is 13.2 Å². The molecule has 0 spiro atoms. The Balaban J connectivity index is 0. The van der Waals surface area contributed by atoms with Gasteiger partial charge in [-0.1, -0.05) is 0 Å². The van der Waals surface area contributed by atoms with Crippen LogP contribution in [0.1, 0.15) is 0 Å². The van der Waals surface area contributed by atoms with Crippen LogP contribution in [0.3, 0.4) is 0 Å². The molecule has 0 bridgehead atoms. The first-order valence-electron chi connectivity index (χ1n) is 1.94. The third-order valence-corrected chi connectivity index (χ3v) is 0.179. The molecule has 0 aliphatic heterocycles. The fraction of sp³-hybridized carbons (Fsp3) is 1.00. The second-order valence-electron chi connectivity index (χ2n) is 1.22. The van der Waals surface area contributed by atoms with E-state index in [9.17, 15) is 13.2 Å². The van der Waals surface area contributed by atoms with Gasteiger partial charge in [0, 0.05) is 0 Å². The molecule has 0 unspecified atom stereocenters. The molecule has 0 rings (SSSR count). The lowest BCUT2D eigenvalue weighted by atomic mass is 10.7. The van der Waals surface area contributed by atoms with Gasteiger partial charge in [-0.25, -0.2) is 0 Å².